The first-order valence-corrected chi connectivity index (χ1v) is 8.63. The molecule has 0 aliphatic rings. The average molecular weight is 338 g/mol. The predicted octanol–water partition coefficient (Wildman–Crippen LogP) is 4.13. The zero-order valence-corrected chi connectivity index (χ0v) is 15.4. The molecule has 0 radical (unpaired) electrons. The molecule has 25 heavy (non-hydrogen) atoms. The van der Waals surface area contributed by atoms with Crippen molar-refractivity contribution in [2.75, 3.05) is 20.8 Å². The minimum Gasteiger partial charge on any atom is -0.496 e. The first-order chi connectivity index (χ1) is 12.2. The lowest BCUT2D eigenvalue weighted by atomic mass is 10.1. The number of hydrogen-bond acceptors (Lipinski definition) is 3. The normalized spacial score (nSPS) is 11.0. The minimum atomic E-state index is 0.773. The Morgan fingerprint density at radius 3 is 2.56 bits per heavy atom. The van der Waals surface area contributed by atoms with Gasteiger partial charge in [0, 0.05) is 34.3 Å². The van der Waals surface area contributed by atoms with Gasteiger partial charge in [0.2, 0.25) is 0 Å². The van der Waals surface area contributed by atoms with Crippen molar-refractivity contribution in [3.05, 3.63) is 58.8 Å². The Morgan fingerprint density at radius 2 is 1.80 bits per heavy atom. The van der Waals surface area contributed by atoms with Crippen LogP contribution in [0.2, 0.25) is 0 Å². The van der Waals surface area contributed by atoms with Crippen molar-refractivity contribution < 1.29 is 9.47 Å². The van der Waals surface area contributed by atoms with Crippen molar-refractivity contribution in [3.8, 4) is 11.5 Å². The standard InChI is InChI=1S/C21H26N2O2/c1-14-20(24-3)10-9-16(21(14)25-4)13-22-12-11-17-15(2)23-19-8-6-5-7-18(17)19/h5-10,22-23H,11-13H2,1-4H3. The number of H-pyrrole nitrogens is 1. The second-order valence-electron chi connectivity index (χ2n) is 6.29. The Balaban J connectivity index is 1.65. The van der Waals surface area contributed by atoms with Gasteiger partial charge >= 0.3 is 0 Å². The molecular weight excluding hydrogens is 312 g/mol. The van der Waals surface area contributed by atoms with Crippen LogP contribution in [0.15, 0.2) is 36.4 Å². The van der Waals surface area contributed by atoms with E-state index in [1.165, 1.54) is 22.2 Å². The number of para-hydroxylation sites is 1. The van der Waals surface area contributed by atoms with Crippen LogP contribution in [0.3, 0.4) is 0 Å². The van der Waals surface area contributed by atoms with E-state index in [9.17, 15) is 0 Å². The maximum absolute atomic E-state index is 5.57. The number of nitrogens with one attached hydrogen (secondary N) is 2. The topological polar surface area (TPSA) is 46.3 Å². The predicted molar refractivity (Wildman–Crippen MR) is 103 cm³/mol. The SMILES string of the molecule is COc1ccc(CNCCc2c(C)[nH]c3ccccc23)c(OC)c1C. The molecular formula is C21H26N2O2. The third-order valence-corrected chi connectivity index (χ3v) is 4.76. The molecule has 4 nitrogen and oxygen atoms in total. The van der Waals surface area contributed by atoms with Gasteiger partial charge in [0.15, 0.2) is 0 Å². The third-order valence-electron chi connectivity index (χ3n) is 4.76. The summed E-state index contributed by atoms with van der Waals surface area (Å²) < 4.78 is 10.9. The second-order valence-corrected chi connectivity index (χ2v) is 6.29. The molecule has 4 heteroatoms. The molecule has 2 N–H and O–H groups in total. The minimum absolute atomic E-state index is 0.773. The van der Waals surface area contributed by atoms with Crippen LogP contribution in [0.25, 0.3) is 10.9 Å². The number of aromatic nitrogens is 1. The van der Waals surface area contributed by atoms with E-state index in [0.717, 1.165) is 42.1 Å². The fourth-order valence-corrected chi connectivity index (χ4v) is 3.47. The number of hydrogen-bond donors (Lipinski definition) is 2. The molecule has 0 amide bonds. The molecule has 0 aliphatic carbocycles. The van der Waals surface area contributed by atoms with Gasteiger partial charge < -0.3 is 19.8 Å². The van der Waals surface area contributed by atoms with Crippen LogP contribution in [0.1, 0.15) is 22.4 Å². The van der Waals surface area contributed by atoms with Crippen molar-refractivity contribution in [1.29, 1.82) is 0 Å². The van der Waals surface area contributed by atoms with E-state index in [0.29, 0.717) is 0 Å². The van der Waals surface area contributed by atoms with E-state index in [1.54, 1.807) is 14.2 Å². The third kappa shape index (κ3) is 3.49. The maximum Gasteiger partial charge on any atom is 0.129 e. The Morgan fingerprint density at radius 1 is 1.00 bits per heavy atom. The van der Waals surface area contributed by atoms with Crippen LogP contribution >= 0.6 is 0 Å². The van der Waals surface area contributed by atoms with E-state index < -0.39 is 0 Å². The molecule has 0 saturated heterocycles. The molecule has 0 fully saturated rings. The largest absolute Gasteiger partial charge is 0.496 e. The van der Waals surface area contributed by atoms with Crippen molar-refractivity contribution >= 4 is 10.9 Å². The van der Waals surface area contributed by atoms with Gasteiger partial charge in [-0.15, -0.1) is 0 Å². The molecule has 132 valence electrons. The van der Waals surface area contributed by atoms with Gasteiger partial charge in [0.1, 0.15) is 11.5 Å². The molecule has 0 bridgehead atoms. The van der Waals surface area contributed by atoms with Gasteiger partial charge in [-0.05, 0) is 44.5 Å². The Bertz CT molecular complexity index is 868. The highest BCUT2D eigenvalue weighted by molar-refractivity contribution is 5.84. The lowest BCUT2D eigenvalue weighted by Gasteiger charge is -2.15. The summed E-state index contributed by atoms with van der Waals surface area (Å²) in [6.45, 7) is 5.86. The van der Waals surface area contributed by atoms with Crippen LogP contribution in [-0.4, -0.2) is 25.7 Å². The van der Waals surface area contributed by atoms with Gasteiger partial charge in [-0.1, -0.05) is 24.3 Å². The van der Waals surface area contributed by atoms with Gasteiger partial charge in [0.05, 0.1) is 14.2 Å². The van der Waals surface area contributed by atoms with Crippen LogP contribution in [-0.2, 0) is 13.0 Å². The molecule has 2 aromatic carbocycles. The first-order valence-electron chi connectivity index (χ1n) is 8.63. The summed E-state index contributed by atoms with van der Waals surface area (Å²) in [5.74, 6) is 1.75. The number of aromatic amines is 1. The number of benzene rings is 2. The zero-order valence-electron chi connectivity index (χ0n) is 15.4. The number of aryl methyl sites for hydroxylation is 1. The highest BCUT2D eigenvalue weighted by atomic mass is 16.5. The molecule has 1 heterocycles. The van der Waals surface area contributed by atoms with Gasteiger partial charge in [-0.3, -0.25) is 0 Å². The summed E-state index contributed by atoms with van der Waals surface area (Å²) in [5.41, 5.74) is 6.04. The van der Waals surface area contributed by atoms with E-state index >= 15 is 0 Å². The van der Waals surface area contributed by atoms with Crippen LogP contribution in [0.5, 0.6) is 11.5 Å². The smallest absolute Gasteiger partial charge is 0.129 e. The molecule has 3 aromatic rings. The van der Waals surface area contributed by atoms with E-state index in [2.05, 4.69) is 47.6 Å². The van der Waals surface area contributed by atoms with Crippen LogP contribution in [0, 0.1) is 13.8 Å². The van der Waals surface area contributed by atoms with Gasteiger partial charge in [-0.25, -0.2) is 0 Å². The molecule has 3 rings (SSSR count). The zero-order chi connectivity index (χ0) is 17.8. The van der Waals surface area contributed by atoms with Gasteiger partial charge in [-0.2, -0.15) is 0 Å². The molecule has 0 saturated carbocycles. The quantitative estimate of drug-likeness (QED) is 0.637. The maximum atomic E-state index is 5.57. The summed E-state index contributed by atoms with van der Waals surface area (Å²) in [6.07, 6.45) is 0.993. The van der Waals surface area contributed by atoms with E-state index in [4.69, 9.17) is 9.47 Å². The van der Waals surface area contributed by atoms with Gasteiger partial charge in [0.25, 0.3) is 0 Å². The molecule has 0 aliphatic heterocycles. The fraction of sp³-hybridized carbons (Fsp3) is 0.333. The monoisotopic (exact) mass is 338 g/mol. The fourth-order valence-electron chi connectivity index (χ4n) is 3.47. The van der Waals surface area contributed by atoms with Crippen LogP contribution < -0.4 is 14.8 Å². The highest BCUT2D eigenvalue weighted by Gasteiger charge is 2.11. The summed E-state index contributed by atoms with van der Waals surface area (Å²) in [5, 5.41) is 4.86. The summed E-state index contributed by atoms with van der Waals surface area (Å²) >= 11 is 0. The average Bonchev–Trinajstić information content (AvgIpc) is 2.94. The molecule has 0 unspecified atom stereocenters. The lowest BCUT2D eigenvalue weighted by molar-refractivity contribution is 0.384. The van der Waals surface area contributed by atoms with E-state index in [-0.39, 0.29) is 0 Å². The molecule has 0 spiro atoms. The molecule has 1 aromatic heterocycles. The van der Waals surface area contributed by atoms with E-state index in [1.807, 2.05) is 13.0 Å². The summed E-state index contributed by atoms with van der Waals surface area (Å²) in [7, 11) is 3.39. The number of methoxy groups -OCH3 is 2. The van der Waals surface area contributed by atoms with Crippen LogP contribution in [0.4, 0.5) is 0 Å². The Labute approximate surface area is 149 Å². The number of ether oxygens (including phenoxy) is 2. The van der Waals surface area contributed by atoms with Crippen molar-refractivity contribution in [3.63, 3.8) is 0 Å². The molecule has 0 atom stereocenters. The van der Waals surface area contributed by atoms with Crippen molar-refractivity contribution in [2.24, 2.45) is 0 Å². The summed E-state index contributed by atoms with van der Waals surface area (Å²) in [4.78, 5) is 3.46. The van der Waals surface area contributed by atoms with Crippen molar-refractivity contribution in [1.82, 2.24) is 10.3 Å². The summed E-state index contributed by atoms with van der Waals surface area (Å²) in [6, 6.07) is 12.5. The number of rotatable bonds is 7. The second kappa shape index (κ2) is 7.62. The lowest BCUT2D eigenvalue weighted by Crippen LogP contribution is -2.17. The Kier molecular flexibility index (Phi) is 5.29. The van der Waals surface area contributed by atoms with Crippen molar-refractivity contribution in [2.45, 2.75) is 26.8 Å². The Hall–Kier alpha value is -2.46. The highest BCUT2D eigenvalue weighted by Crippen LogP contribution is 2.31. The number of fused-ring (bicyclic) bond motifs is 1. The first kappa shape index (κ1) is 17.4.